The van der Waals surface area contributed by atoms with E-state index in [1.807, 2.05) is 18.2 Å². The average Bonchev–Trinajstić information content (AvgIpc) is 2.79. The largest absolute Gasteiger partial charge is 0.339 e. The zero-order chi connectivity index (χ0) is 20.9. The number of carbonyl (C=O) groups excluding carboxylic acids is 2. The number of pyridine rings is 1. The Balaban J connectivity index is 1.29. The molecular formula is C21H22N6O3. The van der Waals surface area contributed by atoms with Gasteiger partial charge >= 0.3 is 0 Å². The first-order valence-corrected chi connectivity index (χ1v) is 9.90. The summed E-state index contributed by atoms with van der Waals surface area (Å²) in [4.78, 5) is 45.1. The number of fused-ring (bicyclic) bond motifs is 1. The van der Waals surface area contributed by atoms with Crippen molar-refractivity contribution in [2.24, 2.45) is 0 Å². The summed E-state index contributed by atoms with van der Waals surface area (Å²) in [7, 11) is 0. The van der Waals surface area contributed by atoms with E-state index in [4.69, 9.17) is 0 Å². The quantitative estimate of drug-likeness (QED) is 0.611. The van der Waals surface area contributed by atoms with Crippen molar-refractivity contribution < 1.29 is 9.59 Å². The molecule has 1 fully saturated rings. The van der Waals surface area contributed by atoms with Gasteiger partial charge in [0.25, 0.3) is 5.56 Å². The number of carbonyl (C=O) groups is 2. The number of amides is 2. The molecule has 30 heavy (non-hydrogen) atoms. The highest BCUT2D eigenvalue weighted by atomic mass is 16.2. The molecule has 0 bridgehead atoms. The first-order valence-electron chi connectivity index (χ1n) is 9.90. The Morgan fingerprint density at radius 3 is 2.33 bits per heavy atom. The Hall–Kier alpha value is -3.62. The molecule has 0 spiro atoms. The van der Waals surface area contributed by atoms with Crippen molar-refractivity contribution in [3.63, 3.8) is 0 Å². The van der Waals surface area contributed by atoms with E-state index in [0.29, 0.717) is 37.1 Å². The summed E-state index contributed by atoms with van der Waals surface area (Å²) in [5, 5.41) is 8.44. The summed E-state index contributed by atoms with van der Waals surface area (Å²) in [6, 6.07) is 12.5. The van der Waals surface area contributed by atoms with Gasteiger partial charge in [0.2, 0.25) is 11.8 Å². The molecule has 0 saturated carbocycles. The highest BCUT2D eigenvalue weighted by molar-refractivity contribution is 5.80. The van der Waals surface area contributed by atoms with Crippen LogP contribution in [0.4, 0.5) is 0 Å². The number of hydrogen-bond donors (Lipinski definition) is 0. The highest BCUT2D eigenvalue weighted by Gasteiger charge is 2.24. The fraction of sp³-hybridized carbons (Fsp3) is 0.333. The van der Waals surface area contributed by atoms with Gasteiger partial charge in [-0.2, -0.15) is 0 Å². The minimum atomic E-state index is -0.252. The number of aryl methyl sites for hydroxylation is 1. The lowest BCUT2D eigenvalue weighted by Gasteiger charge is -2.34. The van der Waals surface area contributed by atoms with Crippen molar-refractivity contribution in [1.29, 1.82) is 0 Å². The Kier molecular flexibility index (Phi) is 5.78. The van der Waals surface area contributed by atoms with E-state index in [1.54, 1.807) is 40.3 Å². The highest BCUT2D eigenvalue weighted by Crippen LogP contribution is 2.08. The zero-order valence-corrected chi connectivity index (χ0v) is 16.5. The van der Waals surface area contributed by atoms with E-state index in [-0.39, 0.29) is 36.8 Å². The molecule has 1 saturated heterocycles. The van der Waals surface area contributed by atoms with Crippen molar-refractivity contribution in [3.8, 4) is 0 Å². The Labute approximate surface area is 172 Å². The maximum Gasteiger partial charge on any atom is 0.277 e. The van der Waals surface area contributed by atoms with Crippen LogP contribution in [-0.4, -0.2) is 67.8 Å². The average molecular weight is 406 g/mol. The monoisotopic (exact) mass is 406 g/mol. The molecule has 0 atom stereocenters. The van der Waals surface area contributed by atoms with E-state index in [0.717, 1.165) is 5.69 Å². The molecule has 4 rings (SSSR count). The number of piperazine rings is 1. The van der Waals surface area contributed by atoms with Gasteiger partial charge in [-0.15, -0.1) is 5.10 Å². The standard InChI is InChI=1S/C21H22N6O3/c28-19(8-10-27-21(30)17-6-1-2-7-18(17)23-24-27)25-11-13-26(14-12-25)20(29)15-16-5-3-4-9-22-16/h1-7,9H,8,10-15H2. The molecule has 1 aliphatic heterocycles. The minimum absolute atomic E-state index is 0.0128. The van der Waals surface area contributed by atoms with Gasteiger partial charge in [-0.1, -0.05) is 23.4 Å². The Bertz CT molecular complexity index is 1110. The lowest BCUT2D eigenvalue weighted by molar-refractivity contribution is -0.139. The van der Waals surface area contributed by atoms with Crippen LogP contribution in [0.25, 0.3) is 10.9 Å². The molecule has 1 aliphatic rings. The summed E-state index contributed by atoms with van der Waals surface area (Å²) < 4.78 is 1.23. The van der Waals surface area contributed by atoms with Gasteiger partial charge in [-0.05, 0) is 24.3 Å². The van der Waals surface area contributed by atoms with Gasteiger partial charge in [0.05, 0.1) is 18.4 Å². The van der Waals surface area contributed by atoms with Crippen molar-refractivity contribution in [3.05, 3.63) is 64.7 Å². The maximum atomic E-state index is 12.6. The molecule has 0 aliphatic carbocycles. The number of benzene rings is 1. The molecular weight excluding hydrogens is 384 g/mol. The van der Waals surface area contributed by atoms with E-state index in [9.17, 15) is 14.4 Å². The third kappa shape index (κ3) is 4.35. The maximum absolute atomic E-state index is 12.6. The second kappa shape index (κ2) is 8.81. The van der Waals surface area contributed by atoms with Crippen LogP contribution in [-0.2, 0) is 22.6 Å². The summed E-state index contributed by atoms with van der Waals surface area (Å²) >= 11 is 0. The van der Waals surface area contributed by atoms with Crippen LogP contribution in [0.15, 0.2) is 53.5 Å². The molecule has 0 radical (unpaired) electrons. The lowest BCUT2D eigenvalue weighted by Crippen LogP contribution is -2.51. The van der Waals surface area contributed by atoms with Crippen LogP contribution in [0.5, 0.6) is 0 Å². The Morgan fingerprint density at radius 1 is 0.900 bits per heavy atom. The predicted octanol–water partition coefficient (Wildman–Crippen LogP) is 0.490. The molecule has 9 nitrogen and oxygen atoms in total. The van der Waals surface area contributed by atoms with Crippen LogP contribution in [0.3, 0.4) is 0 Å². The number of aromatic nitrogens is 4. The molecule has 3 aromatic rings. The third-order valence-corrected chi connectivity index (χ3v) is 5.21. The van der Waals surface area contributed by atoms with Crippen molar-refractivity contribution >= 4 is 22.7 Å². The molecule has 2 aromatic heterocycles. The van der Waals surface area contributed by atoms with Gasteiger partial charge in [-0.25, -0.2) is 4.68 Å². The van der Waals surface area contributed by atoms with E-state index < -0.39 is 0 Å². The smallest absolute Gasteiger partial charge is 0.277 e. The second-order valence-electron chi connectivity index (χ2n) is 7.14. The normalized spacial score (nSPS) is 14.1. The summed E-state index contributed by atoms with van der Waals surface area (Å²) in [5.74, 6) is -0.0486. The molecule has 0 unspecified atom stereocenters. The third-order valence-electron chi connectivity index (χ3n) is 5.21. The fourth-order valence-corrected chi connectivity index (χ4v) is 3.50. The van der Waals surface area contributed by atoms with Gasteiger partial charge in [0.1, 0.15) is 5.52 Å². The molecule has 3 heterocycles. The first kappa shape index (κ1) is 19.7. The summed E-state index contributed by atoms with van der Waals surface area (Å²) in [6.45, 7) is 2.12. The van der Waals surface area contributed by atoms with Crippen LogP contribution in [0.2, 0.25) is 0 Å². The van der Waals surface area contributed by atoms with Crippen molar-refractivity contribution in [1.82, 2.24) is 29.8 Å². The Morgan fingerprint density at radius 2 is 1.60 bits per heavy atom. The molecule has 1 aromatic carbocycles. The van der Waals surface area contributed by atoms with Gasteiger partial charge < -0.3 is 9.80 Å². The van der Waals surface area contributed by atoms with Crippen molar-refractivity contribution in [2.75, 3.05) is 26.2 Å². The van der Waals surface area contributed by atoms with Crippen LogP contribution < -0.4 is 5.56 Å². The minimum Gasteiger partial charge on any atom is -0.339 e. The number of rotatable bonds is 5. The van der Waals surface area contributed by atoms with Gasteiger partial charge in [0.15, 0.2) is 0 Å². The van der Waals surface area contributed by atoms with Crippen LogP contribution in [0, 0.1) is 0 Å². The lowest BCUT2D eigenvalue weighted by atomic mass is 10.2. The zero-order valence-electron chi connectivity index (χ0n) is 16.5. The molecule has 154 valence electrons. The van der Waals surface area contributed by atoms with E-state index in [2.05, 4.69) is 15.3 Å². The predicted molar refractivity (Wildman–Crippen MR) is 110 cm³/mol. The molecule has 2 amide bonds. The van der Waals surface area contributed by atoms with Gasteiger partial charge in [0, 0.05) is 44.5 Å². The molecule has 9 heteroatoms. The van der Waals surface area contributed by atoms with Crippen molar-refractivity contribution in [2.45, 2.75) is 19.4 Å². The summed E-state index contributed by atoms with van der Waals surface area (Å²) in [6.07, 6.45) is 2.09. The topological polar surface area (TPSA) is 101 Å². The van der Waals surface area contributed by atoms with Gasteiger partial charge in [-0.3, -0.25) is 19.4 Å². The second-order valence-corrected chi connectivity index (χ2v) is 7.14. The first-order chi connectivity index (χ1) is 14.6. The van der Waals surface area contributed by atoms with E-state index in [1.165, 1.54) is 4.68 Å². The number of nitrogens with zero attached hydrogens (tertiary/aromatic N) is 6. The van der Waals surface area contributed by atoms with E-state index >= 15 is 0 Å². The molecule has 0 N–H and O–H groups in total. The van der Waals surface area contributed by atoms with Crippen LogP contribution in [0.1, 0.15) is 12.1 Å². The number of hydrogen-bond acceptors (Lipinski definition) is 6. The fourth-order valence-electron chi connectivity index (χ4n) is 3.50. The SMILES string of the molecule is O=C(CCn1nnc2ccccc2c1=O)N1CCN(C(=O)Cc2ccccn2)CC1. The van der Waals surface area contributed by atoms with Crippen LogP contribution >= 0.6 is 0 Å². The summed E-state index contributed by atoms with van der Waals surface area (Å²) in [5.41, 5.74) is 1.03.